The fourth-order valence-corrected chi connectivity index (χ4v) is 4.50. The first-order valence-corrected chi connectivity index (χ1v) is 11.0. The lowest BCUT2D eigenvalue weighted by Gasteiger charge is -2.23. The Hall–Kier alpha value is -3.35. The third-order valence-electron chi connectivity index (χ3n) is 6.12. The van der Waals surface area contributed by atoms with Crippen molar-refractivity contribution in [3.05, 3.63) is 47.8 Å². The Morgan fingerprint density at radius 1 is 1.06 bits per heavy atom. The topological polar surface area (TPSA) is 87.8 Å². The molecule has 1 aromatic carbocycles. The van der Waals surface area contributed by atoms with Gasteiger partial charge in [0.1, 0.15) is 22.9 Å². The number of pyridine rings is 1. The largest absolute Gasteiger partial charge is 0.495 e. The number of anilines is 2. The van der Waals surface area contributed by atoms with E-state index in [-0.39, 0.29) is 0 Å². The zero-order valence-corrected chi connectivity index (χ0v) is 18.0. The van der Waals surface area contributed by atoms with Crippen LogP contribution in [-0.2, 0) is 6.54 Å². The summed E-state index contributed by atoms with van der Waals surface area (Å²) in [6.07, 6.45) is 10.1. The minimum Gasteiger partial charge on any atom is -0.495 e. The number of aromatic amines is 1. The van der Waals surface area contributed by atoms with Crippen LogP contribution in [-0.4, -0.2) is 33.1 Å². The van der Waals surface area contributed by atoms with Crippen LogP contribution < -0.4 is 15.4 Å². The van der Waals surface area contributed by atoms with E-state index in [4.69, 9.17) is 14.7 Å². The van der Waals surface area contributed by atoms with E-state index in [9.17, 15) is 0 Å². The maximum Gasteiger partial charge on any atom is 0.182 e. The normalized spacial score (nSPS) is 14.8. The summed E-state index contributed by atoms with van der Waals surface area (Å²) in [4.78, 5) is 17.3. The molecule has 7 nitrogen and oxygen atoms in total. The van der Waals surface area contributed by atoms with Gasteiger partial charge in [0.25, 0.3) is 0 Å². The molecule has 0 aliphatic heterocycles. The van der Waals surface area contributed by atoms with E-state index in [0.717, 1.165) is 22.6 Å². The van der Waals surface area contributed by atoms with Crippen LogP contribution in [0.25, 0.3) is 22.1 Å². The molecular formula is C24H28N6O. The zero-order valence-electron chi connectivity index (χ0n) is 18.0. The van der Waals surface area contributed by atoms with Crippen LogP contribution >= 0.6 is 0 Å². The van der Waals surface area contributed by atoms with E-state index in [2.05, 4.69) is 33.6 Å². The lowest BCUT2D eigenvalue weighted by Crippen LogP contribution is -2.22. The highest BCUT2D eigenvalue weighted by Crippen LogP contribution is 2.30. The van der Waals surface area contributed by atoms with E-state index in [1.807, 2.05) is 24.4 Å². The van der Waals surface area contributed by atoms with Crippen molar-refractivity contribution in [1.29, 1.82) is 0 Å². The lowest BCUT2D eigenvalue weighted by atomic mass is 9.95. The quantitative estimate of drug-likeness (QED) is 0.401. The summed E-state index contributed by atoms with van der Waals surface area (Å²) < 4.78 is 5.48. The standard InChI is InChI=1S/C24H28N6O/c1-15-12-27-23-19(31-2)10-8-16(22(15)23)13-26-21-14-25-18-9-11-20(29-24(18)30-21)28-17-6-4-3-5-7-17/h8-12,14,17,27H,3-7,13H2,1-2H3,(H2,26,28,29,30). The number of hydrogen-bond acceptors (Lipinski definition) is 6. The van der Waals surface area contributed by atoms with Crippen LogP contribution in [0.2, 0.25) is 0 Å². The monoisotopic (exact) mass is 416 g/mol. The second-order valence-electron chi connectivity index (χ2n) is 8.28. The summed E-state index contributed by atoms with van der Waals surface area (Å²) in [5, 5.41) is 8.16. The molecule has 0 unspecified atom stereocenters. The van der Waals surface area contributed by atoms with Crippen molar-refractivity contribution in [3.63, 3.8) is 0 Å². The minimum atomic E-state index is 0.509. The van der Waals surface area contributed by atoms with Gasteiger partial charge in [0.15, 0.2) is 5.65 Å². The van der Waals surface area contributed by atoms with Crippen LogP contribution in [0.1, 0.15) is 43.2 Å². The highest BCUT2D eigenvalue weighted by atomic mass is 16.5. The predicted molar refractivity (Wildman–Crippen MR) is 125 cm³/mol. The fraction of sp³-hybridized carbons (Fsp3) is 0.375. The molecule has 0 saturated heterocycles. The van der Waals surface area contributed by atoms with Gasteiger partial charge in [-0.2, -0.15) is 0 Å². The summed E-state index contributed by atoms with van der Waals surface area (Å²) in [6, 6.07) is 8.58. The zero-order chi connectivity index (χ0) is 21.2. The van der Waals surface area contributed by atoms with Crippen LogP contribution in [0, 0.1) is 6.92 Å². The molecule has 1 aliphatic carbocycles. The molecule has 0 spiro atoms. The number of ether oxygens (including phenoxy) is 1. The van der Waals surface area contributed by atoms with Gasteiger partial charge in [-0.25, -0.2) is 15.0 Å². The molecule has 0 radical (unpaired) electrons. The molecule has 1 saturated carbocycles. The Bertz CT molecular complexity index is 1210. The number of fused-ring (bicyclic) bond motifs is 2. The van der Waals surface area contributed by atoms with E-state index in [1.165, 1.54) is 48.6 Å². The summed E-state index contributed by atoms with van der Waals surface area (Å²) >= 11 is 0. The maximum absolute atomic E-state index is 5.48. The van der Waals surface area contributed by atoms with Gasteiger partial charge >= 0.3 is 0 Å². The molecule has 160 valence electrons. The average Bonchev–Trinajstić information content (AvgIpc) is 3.20. The Morgan fingerprint density at radius 3 is 2.74 bits per heavy atom. The number of rotatable bonds is 6. The molecule has 0 amide bonds. The third kappa shape index (κ3) is 4.00. The van der Waals surface area contributed by atoms with Crippen LogP contribution in [0.4, 0.5) is 11.6 Å². The van der Waals surface area contributed by atoms with Crippen molar-refractivity contribution in [2.75, 3.05) is 17.7 Å². The first kappa shape index (κ1) is 19.6. The molecule has 4 aromatic rings. The first-order valence-electron chi connectivity index (χ1n) is 11.0. The summed E-state index contributed by atoms with van der Waals surface area (Å²) in [7, 11) is 1.69. The molecule has 3 heterocycles. The fourth-order valence-electron chi connectivity index (χ4n) is 4.50. The minimum absolute atomic E-state index is 0.509. The average molecular weight is 417 g/mol. The second-order valence-corrected chi connectivity index (χ2v) is 8.28. The third-order valence-corrected chi connectivity index (χ3v) is 6.12. The molecular weight excluding hydrogens is 388 g/mol. The molecule has 5 rings (SSSR count). The maximum atomic E-state index is 5.48. The van der Waals surface area contributed by atoms with Gasteiger partial charge in [-0.05, 0) is 49.1 Å². The van der Waals surface area contributed by atoms with Crippen molar-refractivity contribution in [1.82, 2.24) is 19.9 Å². The lowest BCUT2D eigenvalue weighted by molar-refractivity contribution is 0.419. The molecule has 1 fully saturated rings. The van der Waals surface area contributed by atoms with Crippen molar-refractivity contribution >= 4 is 33.7 Å². The van der Waals surface area contributed by atoms with Gasteiger partial charge in [-0.1, -0.05) is 25.3 Å². The number of aromatic nitrogens is 4. The molecule has 0 bridgehead atoms. The van der Waals surface area contributed by atoms with Gasteiger partial charge in [0.2, 0.25) is 0 Å². The molecule has 31 heavy (non-hydrogen) atoms. The van der Waals surface area contributed by atoms with Crippen molar-refractivity contribution in [3.8, 4) is 5.75 Å². The number of benzene rings is 1. The van der Waals surface area contributed by atoms with Gasteiger partial charge in [-0.3, -0.25) is 0 Å². The highest BCUT2D eigenvalue weighted by Gasteiger charge is 2.14. The molecule has 1 aliphatic rings. The Balaban J connectivity index is 1.36. The molecule has 0 atom stereocenters. The van der Waals surface area contributed by atoms with Crippen LogP contribution in [0.15, 0.2) is 36.7 Å². The van der Waals surface area contributed by atoms with E-state index in [0.29, 0.717) is 24.1 Å². The summed E-state index contributed by atoms with van der Waals surface area (Å²) in [5.41, 5.74) is 4.84. The van der Waals surface area contributed by atoms with E-state index >= 15 is 0 Å². The number of methoxy groups -OCH3 is 1. The highest BCUT2D eigenvalue weighted by molar-refractivity contribution is 5.91. The van der Waals surface area contributed by atoms with Gasteiger partial charge < -0.3 is 20.4 Å². The summed E-state index contributed by atoms with van der Waals surface area (Å²) in [6.45, 7) is 2.74. The Kier molecular flexibility index (Phi) is 5.32. The van der Waals surface area contributed by atoms with Crippen LogP contribution in [0.5, 0.6) is 5.75 Å². The smallest absolute Gasteiger partial charge is 0.182 e. The van der Waals surface area contributed by atoms with Crippen molar-refractivity contribution < 1.29 is 4.74 Å². The van der Waals surface area contributed by atoms with Gasteiger partial charge in [0.05, 0.1) is 18.8 Å². The second kappa shape index (κ2) is 8.41. The Labute approximate surface area is 181 Å². The number of aryl methyl sites for hydroxylation is 1. The van der Waals surface area contributed by atoms with Crippen LogP contribution in [0.3, 0.4) is 0 Å². The summed E-state index contributed by atoms with van der Waals surface area (Å²) in [5.74, 6) is 2.44. The Morgan fingerprint density at radius 2 is 1.90 bits per heavy atom. The van der Waals surface area contributed by atoms with Gasteiger partial charge in [-0.15, -0.1) is 0 Å². The van der Waals surface area contributed by atoms with E-state index < -0.39 is 0 Å². The van der Waals surface area contributed by atoms with E-state index in [1.54, 1.807) is 13.3 Å². The molecule has 3 aromatic heterocycles. The van der Waals surface area contributed by atoms with Gasteiger partial charge in [0, 0.05) is 24.2 Å². The SMILES string of the molecule is COc1ccc(CNc2cnc3ccc(NC4CCCCC4)nc3n2)c2c(C)c[nH]c12. The number of nitrogens with one attached hydrogen (secondary N) is 3. The number of nitrogens with zero attached hydrogens (tertiary/aromatic N) is 3. The van der Waals surface area contributed by atoms with Crippen molar-refractivity contribution in [2.45, 2.75) is 51.6 Å². The molecule has 7 heteroatoms. The predicted octanol–water partition coefficient (Wildman–Crippen LogP) is 5.18. The first-order chi connectivity index (χ1) is 15.2. The number of hydrogen-bond donors (Lipinski definition) is 3. The van der Waals surface area contributed by atoms with Crippen molar-refractivity contribution in [2.24, 2.45) is 0 Å². The number of H-pyrrole nitrogens is 1. The molecule has 3 N–H and O–H groups in total.